The average molecular weight is 289 g/mol. The minimum absolute atomic E-state index is 0.0514. The third-order valence-electron chi connectivity index (χ3n) is 3.22. The van der Waals surface area contributed by atoms with Gasteiger partial charge in [-0.05, 0) is 30.5 Å². The van der Waals surface area contributed by atoms with Crippen molar-refractivity contribution in [2.75, 3.05) is 11.9 Å². The van der Waals surface area contributed by atoms with Crippen molar-refractivity contribution < 1.29 is 14.7 Å². The molecule has 6 heteroatoms. The van der Waals surface area contributed by atoms with E-state index in [1.54, 1.807) is 32.0 Å². The Hall–Kier alpha value is -2.55. The molecule has 1 atom stereocenters. The second kappa shape index (κ2) is 7.29. The second-order valence-corrected chi connectivity index (χ2v) is 5.17. The third-order valence-corrected chi connectivity index (χ3v) is 3.22. The normalized spacial score (nSPS) is 11.6. The number of carboxylic acids is 1. The molecule has 0 heterocycles. The SMILES string of the molecule is Cc1ccc(C#N)cc1NC(=O)NCC(C(=O)O)C(C)C. The number of amides is 2. The number of nitriles is 1. The Kier molecular flexibility index (Phi) is 5.73. The molecule has 0 bridgehead atoms. The van der Waals surface area contributed by atoms with Crippen molar-refractivity contribution in [2.24, 2.45) is 11.8 Å². The molecular formula is C15H19N3O3. The lowest BCUT2D eigenvalue weighted by atomic mass is 9.96. The van der Waals surface area contributed by atoms with Gasteiger partial charge in [-0.1, -0.05) is 19.9 Å². The molecule has 0 aromatic heterocycles. The number of anilines is 1. The first-order valence-electron chi connectivity index (χ1n) is 6.63. The quantitative estimate of drug-likeness (QED) is 0.774. The van der Waals surface area contributed by atoms with E-state index in [2.05, 4.69) is 10.6 Å². The predicted octanol–water partition coefficient (Wildman–Crippen LogP) is 2.34. The fourth-order valence-corrected chi connectivity index (χ4v) is 1.80. The molecule has 0 saturated heterocycles. The molecule has 0 saturated carbocycles. The van der Waals surface area contributed by atoms with Crippen LogP contribution in [0, 0.1) is 30.1 Å². The summed E-state index contributed by atoms with van der Waals surface area (Å²) in [6.07, 6.45) is 0. The third kappa shape index (κ3) is 4.80. The molecule has 0 aliphatic rings. The Morgan fingerprint density at radius 2 is 2.05 bits per heavy atom. The zero-order chi connectivity index (χ0) is 16.0. The first-order chi connectivity index (χ1) is 9.85. The van der Waals surface area contributed by atoms with Crippen molar-refractivity contribution in [1.29, 1.82) is 5.26 Å². The van der Waals surface area contributed by atoms with Gasteiger partial charge in [-0.3, -0.25) is 4.79 Å². The number of carbonyl (C=O) groups is 2. The highest BCUT2D eigenvalue weighted by molar-refractivity contribution is 5.90. The summed E-state index contributed by atoms with van der Waals surface area (Å²) in [5.41, 5.74) is 1.80. The number of nitrogens with one attached hydrogen (secondary N) is 2. The average Bonchev–Trinajstić information content (AvgIpc) is 2.40. The summed E-state index contributed by atoms with van der Waals surface area (Å²) in [4.78, 5) is 22.9. The van der Waals surface area contributed by atoms with Gasteiger partial charge in [-0.15, -0.1) is 0 Å². The van der Waals surface area contributed by atoms with Gasteiger partial charge in [0, 0.05) is 12.2 Å². The number of nitrogens with zero attached hydrogens (tertiary/aromatic N) is 1. The molecule has 3 N–H and O–H groups in total. The van der Waals surface area contributed by atoms with Crippen LogP contribution >= 0.6 is 0 Å². The molecule has 0 radical (unpaired) electrons. The van der Waals surface area contributed by atoms with Gasteiger partial charge >= 0.3 is 12.0 Å². The molecule has 0 fully saturated rings. The zero-order valence-corrected chi connectivity index (χ0v) is 12.3. The number of hydrogen-bond donors (Lipinski definition) is 3. The number of carbonyl (C=O) groups excluding carboxylic acids is 1. The number of rotatable bonds is 5. The molecule has 1 aromatic carbocycles. The van der Waals surface area contributed by atoms with Crippen molar-refractivity contribution in [1.82, 2.24) is 5.32 Å². The molecular weight excluding hydrogens is 270 g/mol. The second-order valence-electron chi connectivity index (χ2n) is 5.17. The van der Waals surface area contributed by atoms with Crippen molar-refractivity contribution in [2.45, 2.75) is 20.8 Å². The van der Waals surface area contributed by atoms with E-state index < -0.39 is 17.9 Å². The van der Waals surface area contributed by atoms with Crippen molar-refractivity contribution >= 4 is 17.7 Å². The van der Waals surface area contributed by atoms with Gasteiger partial charge in [0.2, 0.25) is 0 Å². The molecule has 21 heavy (non-hydrogen) atoms. The van der Waals surface area contributed by atoms with Crippen LogP contribution in [0.4, 0.5) is 10.5 Å². The Labute approximate surface area is 123 Å². The molecule has 6 nitrogen and oxygen atoms in total. The highest BCUT2D eigenvalue weighted by atomic mass is 16.4. The highest BCUT2D eigenvalue weighted by Gasteiger charge is 2.22. The summed E-state index contributed by atoms with van der Waals surface area (Å²) < 4.78 is 0. The van der Waals surface area contributed by atoms with Crippen LogP contribution in [0.5, 0.6) is 0 Å². The lowest BCUT2D eigenvalue weighted by Gasteiger charge is -2.17. The number of urea groups is 1. The van der Waals surface area contributed by atoms with Gasteiger partial charge in [0.05, 0.1) is 17.6 Å². The van der Waals surface area contributed by atoms with E-state index in [-0.39, 0.29) is 12.5 Å². The molecule has 1 aromatic rings. The highest BCUT2D eigenvalue weighted by Crippen LogP contribution is 2.16. The van der Waals surface area contributed by atoms with Gasteiger partial charge in [0.15, 0.2) is 0 Å². The topological polar surface area (TPSA) is 102 Å². The van der Waals surface area contributed by atoms with E-state index in [0.717, 1.165) is 5.56 Å². The minimum atomic E-state index is -0.937. The van der Waals surface area contributed by atoms with Crippen LogP contribution in [0.3, 0.4) is 0 Å². The summed E-state index contributed by atoms with van der Waals surface area (Å²) in [5.74, 6) is -1.65. The Morgan fingerprint density at radius 1 is 1.38 bits per heavy atom. The van der Waals surface area contributed by atoms with Crippen molar-refractivity contribution in [3.05, 3.63) is 29.3 Å². The van der Waals surface area contributed by atoms with Crippen LogP contribution in [0.25, 0.3) is 0 Å². The van der Waals surface area contributed by atoms with Crippen molar-refractivity contribution in [3.8, 4) is 6.07 Å². The predicted molar refractivity (Wildman–Crippen MR) is 78.9 cm³/mol. The van der Waals surface area contributed by atoms with Crippen LogP contribution in [-0.4, -0.2) is 23.7 Å². The largest absolute Gasteiger partial charge is 0.481 e. The van der Waals surface area contributed by atoms with Crippen LogP contribution < -0.4 is 10.6 Å². The lowest BCUT2D eigenvalue weighted by Crippen LogP contribution is -2.37. The Balaban J connectivity index is 2.66. The number of aryl methyl sites for hydroxylation is 1. The lowest BCUT2D eigenvalue weighted by molar-refractivity contribution is -0.142. The van der Waals surface area contributed by atoms with Gasteiger partial charge in [-0.25, -0.2) is 4.79 Å². The Bertz CT molecular complexity index is 576. The fourth-order valence-electron chi connectivity index (χ4n) is 1.80. The number of carboxylic acid groups (broad SMARTS) is 1. The van der Waals surface area contributed by atoms with Crippen LogP contribution in [0.2, 0.25) is 0 Å². The number of hydrogen-bond acceptors (Lipinski definition) is 3. The first kappa shape index (κ1) is 16.5. The zero-order valence-electron chi connectivity index (χ0n) is 12.3. The summed E-state index contributed by atoms with van der Waals surface area (Å²) >= 11 is 0. The summed E-state index contributed by atoms with van der Waals surface area (Å²) in [7, 11) is 0. The maximum absolute atomic E-state index is 11.8. The van der Waals surface area contributed by atoms with E-state index >= 15 is 0 Å². The standard InChI is InChI=1S/C15H19N3O3/c1-9(2)12(14(19)20)8-17-15(21)18-13-6-11(7-16)5-4-10(13)3/h4-6,9,12H,8H2,1-3H3,(H,19,20)(H2,17,18,21). The fraction of sp³-hybridized carbons (Fsp3) is 0.400. The molecule has 1 unspecified atom stereocenters. The van der Waals surface area contributed by atoms with E-state index in [0.29, 0.717) is 11.3 Å². The smallest absolute Gasteiger partial charge is 0.319 e. The van der Waals surface area contributed by atoms with E-state index in [4.69, 9.17) is 10.4 Å². The van der Waals surface area contributed by atoms with E-state index in [1.807, 2.05) is 13.0 Å². The first-order valence-corrected chi connectivity index (χ1v) is 6.63. The molecule has 112 valence electrons. The van der Waals surface area contributed by atoms with Gasteiger partial charge < -0.3 is 15.7 Å². The summed E-state index contributed by atoms with van der Waals surface area (Å²) in [6, 6.07) is 6.49. The van der Waals surface area contributed by atoms with Gasteiger partial charge in [-0.2, -0.15) is 5.26 Å². The molecule has 0 aliphatic carbocycles. The number of benzene rings is 1. The van der Waals surface area contributed by atoms with Crippen LogP contribution in [0.15, 0.2) is 18.2 Å². The minimum Gasteiger partial charge on any atom is -0.481 e. The van der Waals surface area contributed by atoms with Crippen LogP contribution in [0.1, 0.15) is 25.0 Å². The maximum Gasteiger partial charge on any atom is 0.319 e. The molecule has 2 amide bonds. The summed E-state index contributed by atoms with van der Waals surface area (Å²) in [5, 5.41) is 23.1. The molecule has 1 rings (SSSR count). The molecule has 0 spiro atoms. The Morgan fingerprint density at radius 3 is 2.57 bits per heavy atom. The van der Waals surface area contributed by atoms with E-state index in [1.165, 1.54) is 0 Å². The number of aliphatic carboxylic acids is 1. The monoisotopic (exact) mass is 289 g/mol. The van der Waals surface area contributed by atoms with E-state index in [9.17, 15) is 9.59 Å². The van der Waals surface area contributed by atoms with Gasteiger partial charge in [0.1, 0.15) is 0 Å². The van der Waals surface area contributed by atoms with Crippen LogP contribution in [-0.2, 0) is 4.79 Å². The molecule has 0 aliphatic heterocycles. The maximum atomic E-state index is 11.8. The summed E-state index contributed by atoms with van der Waals surface area (Å²) in [6.45, 7) is 5.44. The van der Waals surface area contributed by atoms with Crippen molar-refractivity contribution in [3.63, 3.8) is 0 Å². The van der Waals surface area contributed by atoms with Gasteiger partial charge in [0.25, 0.3) is 0 Å².